The van der Waals surface area contributed by atoms with Crippen LogP contribution in [0.3, 0.4) is 0 Å². The lowest BCUT2D eigenvalue weighted by molar-refractivity contribution is 0.456. The molecule has 7 heteroatoms. The first-order valence-corrected chi connectivity index (χ1v) is 9.38. The second kappa shape index (κ2) is 7.05. The van der Waals surface area contributed by atoms with Crippen molar-refractivity contribution in [3.63, 3.8) is 0 Å². The summed E-state index contributed by atoms with van der Waals surface area (Å²) in [7, 11) is 0.521. The molecule has 0 radical (unpaired) electrons. The van der Waals surface area contributed by atoms with Crippen LogP contribution in [0, 0.1) is 5.82 Å². The highest BCUT2D eigenvalue weighted by atomic mass is 32.3. The van der Waals surface area contributed by atoms with Gasteiger partial charge in [-0.15, -0.1) is 0 Å². The van der Waals surface area contributed by atoms with Crippen molar-refractivity contribution in [3.05, 3.63) is 66.5 Å². The number of rotatable bonds is 5. The summed E-state index contributed by atoms with van der Waals surface area (Å²) in [6.45, 7) is 1.07. The van der Waals surface area contributed by atoms with Crippen LogP contribution in [-0.4, -0.2) is 41.2 Å². The third kappa shape index (κ3) is 3.36. The van der Waals surface area contributed by atoms with Gasteiger partial charge in [0.25, 0.3) is 0 Å². The highest BCUT2D eigenvalue weighted by Gasteiger charge is 2.41. The van der Waals surface area contributed by atoms with Crippen LogP contribution < -0.4 is 8.61 Å². The van der Waals surface area contributed by atoms with Crippen LogP contribution in [0.15, 0.2) is 60.7 Å². The van der Waals surface area contributed by atoms with Crippen molar-refractivity contribution in [2.75, 3.05) is 35.8 Å². The zero-order chi connectivity index (χ0) is 18.0. The number of benzene rings is 2. The van der Waals surface area contributed by atoms with E-state index in [2.05, 4.69) is 0 Å². The molecule has 1 aliphatic rings. The van der Waals surface area contributed by atoms with Gasteiger partial charge in [0.1, 0.15) is 11.5 Å². The third-order valence-corrected chi connectivity index (χ3v) is 5.71. The van der Waals surface area contributed by atoms with Gasteiger partial charge in [-0.1, -0.05) is 36.4 Å². The number of nitrogens with zero attached hydrogens (tertiary/aromatic N) is 3. The molecule has 1 heterocycles. The van der Waals surface area contributed by atoms with Crippen LogP contribution in [0.2, 0.25) is 0 Å². The number of hydrogen-bond acceptors (Lipinski definition) is 5. The second-order valence-electron chi connectivity index (χ2n) is 6.02. The van der Waals surface area contributed by atoms with Gasteiger partial charge in [0.15, 0.2) is 0 Å². The van der Waals surface area contributed by atoms with Crippen LogP contribution in [0.5, 0.6) is 0 Å². The maximum absolute atomic E-state index is 14.3. The van der Waals surface area contributed by atoms with E-state index in [1.807, 2.05) is 43.3 Å². The standard InChI is InChI=1S/C18H22FN3O2S/c1-20(2)13-7-8-14-21-17-11-5-6-12-18(17)22(25(21,23)24)16-10-4-3-9-15(16)19/h3-12,23-24H,13-14H2,1-2H3/b8-7+. The van der Waals surface area contributed by atoms with E-state index in [4.69, 9.17) is 0 Å². The minimum atomic E-state index is -3.40. The molecule has 0 fully saturated rings. The van der Waals surface area contributed by atoms with Crippen LogP contribution in [0.1, 0.15) is 0 Å². The van der Waals surface area contributed by atoms with Gasteiger partial charge in [0, 0.05) is 6.54 Å². The molecule has 2 aromatic rings. The van der Waals surface area contributed by atoms with Gasteiger partial charge in [-0.2, -0.15) is 0 Å². The number of likely N-dealkylation sites (N-methyl/N-ethyl adjacent to an activating group) is 1. The molecule has 0 spiro atoms. The molecule has 0 atom stereocenters. The number of halogens is 1. The summed E-state index contributed by atoms with van der Waals surface area (Å²) < 4.78 is 38.9. The molecule has 0 bridgehead atoms. The number of fused-ring (bicyclic) bond motifs is 1. The van der Waals surface area contributed by atoms with E-state index in [9.17, 15) is 13.5 Å². The average Bonchev–Trinajstić information content (AvgIpc) is 2.79. The molecule has 3 rings (SSSR count). The topological polar surface area (TPSA) is 50.2 Å². The van der Waals surface area contributed by atoms with Gasteiger partial charge < -0.3 is 4.90 Å². The zero-order valence-electron chi connectivity index (χ0n) is 14.2. The summed E-state index contributed by atoms with van der Waals surface area (Å²) in [5, 5.41) is 0. The average molecular weight is 363 g/mol. The largest absolute Gasteiger partial charge is 0.306 e. The molecule has 0 unspecified atom stereocenters. The first-order valence-electron chi connectivity index (χ1n) is 7.92. The summed E-state index contributed by atoms with van der Waals surface area (Å²) in [5.41, 5.74) is 1.39. The summed E-state index contributed by atoms with van der Waals surface area (Å²) in [6, 6.07) is 13.3. The fraction of sp³-hybridized carbons (Fsp3) is 0.222. The summed E-state index contributed by atoms with van der Waals surface area (Å²) in [4.78, 5) is 2.01. The molecule has 134 valence electrons. The Balaban J connectivity index is 1.99. The van der Waals surface area contributed by atoms with Crippen LogP contribution >= 0.6 is 11.0 Å². The monoisotopic (exact) mass is 363 g/mol. The lowest BCUT2D eigenvalue weighted by atomic mass is 10.2. The minimum absolute atomic E-state index is 0.148. The van der Waals surface area contributed by atoms with Crippen molar-refractivity contribution in [3.8, 4) is 0 Å². The highest BCUT2D eigenvalue weighted by molar-refractivity contribution is 8.27. The van der Waals surface area contributed by atoms with E-state index >= 15 is 0 Å². The summed E-state index contributed by atoms with van der Waals surface area (Å²) >= 11 is 0. The Labute approximate surface area is 149 Å². The second-order valence-corrected chi connectivity index (χ2v) is 7.80. The Kier molecular flexibility index (Phi) is 5.01. The number of para-hydroxylation sites is 3. The fourth-order valence-electron chi connectivity index (χ4n) is 2.74. The van der Waals surface area contributed by atoms with Gasteiger partial charge in [-0.05, 0) is 49.3 Å². The van der Waals surface area contributed by atoms with Crippen molar-refractivity contribution < 1.29 is 13.5 Å². The van der Waals surface area contributed by atoms with Crippen molar-refractivity contribution in [1.82, 2.24) is 4.90 Å². The van der Waals surface area contributed by atoms with Gasteiger partial charge in [-0.25, -0.2) is 13.0 Å². The Morgan fingerprint density at radius 2 is 1.56 bits per heavy atom. The fourth-order valence-corrected chi connectivity index (χ4v) is 4.47. The maximum Gasteiger partial charge on any atom is 0.148 e. The predicted octanol–water partition coefficient (Wildman–Crippen LogP) is 4.48. The van der Waals surface area contributed by atoms with E-state index in [0.717, 1.165) is 6.54 Å². The molecular formula is C18H22FN3O2S. The first kappa shape index (κ1) is 17.8. The third-order valence-electron chi connectivity index (χ3n) is 3.89. The molecule has 0 aromatic heterocycles. The number of hydrogen-bond donors (Lipinski definition) is 2. The van der Waals surface area contributed by atoms with Gasteiger partial charge >= 0.3 is 0 Å². The Morgan fingerprint density at radius 3 is 2.20 bits per heavy atom. The van der Waals surface area contributed by atoms with E-state index < -0.39 is 16.8 Å². The summed E-state index contributed by atoms with van der Waals surface area (Å²) in [6.07, 6.45) is 3.85. The van der Waals surface area contributed by atoms with Crippen LogP contribution in [-0.2, 0) is 0 Å². The molecular weight excluding hydrogens is 341 g/mol. The van der Waals surface area contributed by atoms with Crippen molar-refractivity contribution in [1.29, 1.82) is 0 Å². The number of anilines is 3. The molecule has 0 saturated carbocycles. The van der Waals surface area contributed by atoms with Crippen molar-refractivity contribution in [2.24, 2.45) is 0 Å². The van der Waals surface area contributed by atoms with Crippen molar-refractivity contribution in [2.45, 2.75) is 0 Å². The smallest absolute Gasteiger partial charge is 0.148 e. The lowest BCUT2D eigenvalue weighted by Crippen LogP contribution is -2.31. The minimum Gasteiger partial charge on any atom is -0.306 e. The Hall–Kier alpha value is -2.06. The van der Waals surface area contributed by atoms with Gasteiger partial charge in [-0.3, -0.25) is 9.11 Å². The molecule has 0 saturated heterocycles. The SMILES string of the molecule is CN(C)C/C=C/CN1c2ccccc2N(c2ccccc2F)S1(O)O. The molecule has 25 heavy (non-hydrogen) atoms. The first-order chi connectivity index (χ1) is 11.9. The quantitative estimate of drug-likeness (QED) is 0.767. The van der Waals surface area contributed by atoms with E-state index in [1.54, 1.807) is 30.3 Å². The zero-order valence-corrected chi connectivity index (χ0v) is 15.0. The van der Waals surface area contributed by atoms with Crippen LogP contribution in [0.4, 0.5) is 21.5 Å². The molecule has 1 aliphatic heterocycles. The normalized spacial score (nSPS) is 17.4. The van der Waals surface area contributed by atoms with E-state index in [0.29, 0.717) is 17.9 Å². The van der Waals surface area contributed by atoms with Gasteiger partial charge in [0.2, 0.25) is 0 Å². The predicted molar refractivity (Wildman–Crippen MR) is 103 cm³/mol. The van der Waals surface area contributed by atoms with Crippen LogP contribution in [0.25, 0.3) is 0 Å². The summed E-state index contributed by atoms with van der Waals surface area (Å²) in [5.74, 6) is -0.498. The molecule has 0 amide bonds. The molecule has 5 nitrogen and oxygen atoms in total. The van der Waals surface area contributed by atoms with Gasteiger partial charge in [0.05, 0.1) is 17.9 Å². The van der Waals surface area contributed by atoms with E-state index in [1.165, 1.54) is 14.7 Å². The lowest BCUT2D eigenvalue weighted by Gasteiger charge is -2.43. The molecule has 2 N–H and O–H groups in total. The van der Waals surface area contributed by atoms with E-state index in [-0.39, 0.29) is 5.69 Å². The maximum atomic E-state index is 14.3. The molecule has 0 aliphatic carbocycles. The highest BCUT2D eigenvalue weighted by Crippen LogP contribution is 2.64. The molecule has 2 aromatic carbocycles. The van der Waals surface area contributed by atoms with Crippen molar-refractivity contribution >= 4 is 28.0 Å². The Bertz CT molecular complexity index is 782. The Morgan fingerprint density at radius 1 is 0.960 bits per heavy atom.